The van der Waals surface area contributed by atoms with E-state index in [0.717, 1.165) is 25.2 Å². The highest BCUT2D eigenvalue weighted by Gasteiger charge is 2.19. The van der Waals surface area contributed by atoms with Gasteiger partial charge in [0.15, 0.2) is 17.3 Å². The number of likely N-dealkylation sites (N-methyl/N-ethyl adjacent to an activating group) is 1. The Morgan fingerprint density at radius 3 is 2.81 bits per heavy atom. The SMILES string of the molecule is C=CCn1c(=O)c2cnc(Nc3cc(C)c4c(c3)CCN(C)C4)nc2n1-c1cccc(N=S(C)(C)=O)n1. The number of allylic oxidation sites excluding steroid dienone is 1. The Hall–Kier alpha value is -3.83. The van der Waals surface area contributed by atoms with Gasteiger partial charge in [-0.2, -0.15) is 9.35 Å². The van der Waals surface area contributed by atoms with Gasteiger partial charge in [-0.25, -0.2) is 23.5 Å². The Bertz CT molecular complexity index is 1700. The van der Waals surface area contributed by atoms with Gasteiger partial charge in [0.1, 0.15) is 5.39 Å². The molecule has 4 aromatic rings. The summed E-state index contributed by atoms with van der Waals surface area (Å²) in [4.78, 5) is 29.2. The van der Waals surface area contributed by atoms with Crippen molar-refractivity contribution in [3.8, 4) is 5.82 Å². The standard InChI is InChI=1S/C26H30N8O2S/c1-6-11-33-25(35)20-15-27-26(28-19-13-17(2)21-16-32(3)12-10-18(21)14-19)30-24(20)34(33)23-9-7-8-22(29-23)31-37(4,5)36/h6-9,13-15H,1,10-12,16H2,2-5H3,(H,27,28,30). The van der Waals surface area contributed by atoms with Crippen molar-refractivity contribution in [2.45, 2.75) is 26.4 Å². The molecule has 0 bridgehead atoms. The van der Waals surface area contributed by atoms with Crippen molar-refractivity contribution < 1.29 is 4.21 Å². The lowest BCUT2D eigenvalue weighted by Gasteiger charge is -2.27. The second-order valence-corrected chi connectivity index (χ2v) is 12.1. The van der Waals surface area contributed by atoms with Crippen molar-refractivity contribution in [3.63, 3.8) is 0 Å². The number of fused-ring (bicyclic) bond motifs is 2. The average molecular weight is 519 g/mol. The van der Waals surface area contributed by atoms with Crippen molar-refractivity contribution in [2.24, 2.45) is 4.36 Å². The third-order valence-corrected chi connectivity index (χ3v) is 6.87. The minimum absolute atomic E-state index is 0.248. The van der Waals surface area contributed by atoms with Gasteiger partial charge in [0.2, 0.25) is 5.95 Å². The molecular weight excluding hydrogens is 488 g/mol. The molecule has 4 heterocycles. The summed E-state index contributed by atoms with van der Waals surface area (Å²) in [7, 11) is -0.272. The quantitative estimate of drug-likeness (QED) is 0.389. The Kier molecular flexibility index (Phi) is 6.42. The predicted octanol–water partition coefficient (Wildman–Crippen LogP) is 3.56. The van der Waals surface area contributed by atoms with Crippen molar-refractivity contribution in [1.29, 1.82) is 0 Å². The van der Waals surface area contributed by atoms with Gasteiger partial charge in [-0.15, -0.1) is 6.58 Å². The van der Waals surface area contributed by atoms with Gasteiger partial charge in [0.25, 0.3) is 5.56 Å². The highest BCUT2D eigenvalue weighted by Crippen LogP contribution is 2.27. The number of aryl methyl sites for hydroxylation is 1. The van der Waals surface area contributed by atoms with E-state index in [2.05, 4.69) is 57.2 Å². The second-order valence-electron chi connectivity index (χ2n) is 9.59. The van der Waals surface area contributed by atoms with Gasteiger partial charge in [-0.05, 0) is 61.3 Å². The van der Waals surface area contributed by atoms with Crippen LogP contribution in [-0.4, -0.2) is 59.5 Å². The number of anilines is 2. The molecule has 10 nitrogen and oxygen atoms in total. The number of nitrogens with one attached hydrogen (secondary N) is 1. The lowest BCUT2D eigenvalue weighted by molar-refractivity contribution is 0.312. The van der Waals surface area contributed by atoms with Gasteiger partial charge in [-0.1, -0.05) is 12.1 Å². The largest absolute Gasteiger partial charge is 0.324 e. The van der Waals surface area contributed by atoms with Crippen LogP contribution in [0, 0.1) is 6.92 Å². The zero-order valence-electron chi connectivity index (χ0n) is 21.4. The topological polar surface area (TPSA) is 110 Å². The van der Waals surface area contributed by atoms with E-state index in [-0.39, 0.29) is 12.1 Å². The van der Waals surface area contributed by atoms with Crippen LogP contribution in [0.4, 0.5) is 17.5 Å². The second kappa shape index (κ2) is 9.56. The summed E-state index contributed by atoms with van der Waals surface area (Å²) in [6.07, 6.45) is 7.25. The Morgan fingerprint density at radius 2 is 2.05 bits per heavy atom. The van der Waals surface area contributed by atoms with E-state index < -0.39 is 9.73 Å². The fourth-order valence-electron chi connectivity index (χ4n) is 4.62. The summed E-state index contributed by atoms with van der Waals surface area (Å²) < 4.78 is 19.6. The molecule has 0 fully saturated rings. The number of aromatic nitrogens is 5. The van der Waals surface area contributed by atoms with Crippen LogP contribution in [0.25, 0.3) is 16.9 Å². The van der Waals surface area contributed by atoms with Crippen LogP contribution in [0.5, 0.6) is 0 Å². The van der Waals surface area contributed by atoms with E-state index in [1.807, 2.05) is 0 Å². The van der Waals surface area contributed by atoms with E-state index in [9.17, 15) is 9.00 Å². The molecule has 0 spiro atoms. The zero-order chi connectivity index (χ0) is 26.3. The summed E-state index contributed by atoms with van der Waals surface area (Å²) in [5, 5.41) is 3.68. The van der Waals surface area contributed by atoms with Crippen LogP contribution in [0.15, 0.2) is 58.3 Å². The molecule has 0 unspecified atom stereocenters. The van der Waals surface area contributed by atoms with Gasteiger partial charge in [0.05, 0.1) is 6.54 Å². The number of hydrogen-bond donors (Lipinski definition) is 1. The first-order chi connectivity index (χ1) is 17.6. The van der Waals surface area contributed by atoms with E-state index in [1.165, 1.54) is 27.6 Å². The first-order valence-corrected chi connectivity index (χ1v) is 14.3. The predicted molar refractivity (Wildman–Crippen MR) is 148 cm³/mol. The van der Waals surface area contributed by atoms with Crippen molar-refractivity contribution in [2.75, 3.05) is 31.4 Å². The molecule has 192 valence electrons. The van der Waals surface area contributed by atoms with Crippen LogP contribution in [0.3, 0.4) is 0 Å². The maximum atomic E-state index is 13.2. The smallest absolute Gasteiger partial charge is 0.278 e. The molecule has 1 aromatic carbocycles. The van der Waals surface area contributed by atoms with E-state index in [1.54, 1.807) is 41.5 Å². The van der Waals surface area contributed by atoms with E-state index in [4.69, 9.17) is 4.98 Å². The maximum absolute atomic E-state index is 13.2. The van der Waals surface area contributed by atoms with Crippen LogP contribution in [0.2, 0.25) is 0 Å². The first kappa shape index (κ1) is 24.8. The molecule has 0 radical (unpaired) electrons. The summed E-state index contributed by atoms with van der Waals surface area (Å²) >= 11 is 0. The molecule has 1 aliphatic rings. The van der Waals surface area contributed by atoms with Gasteiger partial charge < -0.3 is 10.2 Å². The summed E-state index contributed by atoms with van der Waals surface area (Å²) in [6, 6.07) is 9.44. The van der Waals surface area contributed by atoms with Gasteiger partial charge in [-0.3, -0.25) is 4.79 Å². The zero-order valence-corrected chi connectivity index (χ0v) is 22.2. The minimum Gasteiger partial charge on any atom is -0.324 e. The fourth-order valence-corrected chi connectivity index (χ4v) is 5.17. The van der Waals surface area contributed by atoms with E-state index in [0.29, 0.717) is 28.6 Å². The van der Waals surface area contributed by atoms with Crippen LogP contribution in [0.1, 0.15) is 16.7 Å². The number of nitrogens with zero attached hydrogens (tertiary/aromatic N) is 7. The highest BCUT2D eigenvalue weighted by atomic mass is 32.2. The molecule has 11 heteroatoms. The molecular formula is C26H30N8O2S. The summed E-state index contributed by atoms with van der Waals surface area (Å²) in [6.45, 7) is 8.12. The number of rotatable bonds is 6. The number of hydrogen-bond acceptors (Lipinski definition) is 8. The van der Waals surface area contributed by atoms with Crippen molar-refractivity contribution in [1.82, 2.24) is 29.2 Å². The third-order valence-electron chi connectivity index (χ3n) is 6.24. The molecule has 1 aliphatic heterocycles. The molecule has 0 saturated heterocycles. The minimum atomic E-state index is -2.41. The highest BCUT2D eigenvalue weighted by molar-refractivity contribution is 7.92. The number of pyridine rings is 1. The summed E-state index contributed by atoms with van der Waals surface area (Å²) in [5.41, 5.74) is 4.96. The fraction of sp³-hybridized carbons (Fsp3) is 0.308. The van der Waals surface area contributed by atoms with Crippen molar-refractivity contribution >= 4 is 38.2 Å². The van der Waals surface area contributed by atoms with Crippen molar-refractivity contribution in [3.05, 3.63) is 76.2 Å². The monoisotopic (exact) mass is 518 g/mol. The van der Waals surface area contributed by atoms with Crippen LogP contribution < -0.4 is 10.9 Å². The molecule has 1 N–H and O–H groups in total. The van der Waals surface area contributed by atoms with Crippen LogP contribution in [-0.2, 0) is 29.2 Å². The molecule has 3 aromatic heterocycles. The first-order valence-electron chi connectivity index (χ1n) is 11.9. The van der Waals surface area contributed by atoms with E-state index >= 15 is 0 Å². The average Bonchev–Trinajstić information content (AvgIpc) is 3.10. The Balaban J connectivity index is 1.61. The van der Waals surface area contributed by atoms with Crippen LogP contribution >= 0.6 is 0 Å². The molecule has 0 saturated carbocycles. The number of benzene rings is 1. The van der Waals surface area contributed by atoms with Gasteiger partial charge in [0, 0.05) is 47.2 Å². The Labute approximate surface area is 215 Å². The molecule has 0 amide bonds. The van der Waals surface area contributed by atoms with Gasteiger partial charge >= 0.3 is 0 Å². The molecule has 0 atom stereocenters. The molecule has 5 rings (SSSR count). The summed E-state index contributed by atoms with van der Waals surface area (Å²) in [5.74, 6) is 1.11. The normalized spacial score (nSPS) is 13.9. The lowest BCUT2D eigenvalue weighted by Crippen LogP contribution is -2.27. The molecule has 37 heavy (non-hydrogen) atoms. The lowest BCUT2D eigenvalue weighted by atomic mass is 9.95. The maximum Gasteiger partial charge on any atom is 0.278 e. The molecule has 0 aliphatic carbocycles. The third kappa shape index (κ3) is 5.05. The Morgan fingerprint density at radius 1 is 1.24 bits per heavy atom.